The van der Waals surface area contributed by atoms with E-state index < -0.39 is 23.6 Å². The van der Waals surface area contributed by atoms with Crippen molar-refractivity contribution in [2.24, 2.45) is 5.92 Å². The van der Waals surface area contributed by atoms with Crippen LogP contribution in [-0.2, 0) is 11.0 Å². The molecule has 0 saturated heterocycles. The Bertz CT molecular complexity index is 657. The van der Waals surface area contributed by atoms with Crippen LogP contribution in [0.15, 0.2) is 29.8 Å². The van der Waals surface area contributed by atoms with E-state index in [0.29, 0.717) is 11.6 Å². The van der Waals surface area contributed by atoms with E-state index in [4.69, 9.17) is 0 Å². The third-order valence-electron chi connectivity index (χ3n) is 3.38. The molecule has 1 aromatic heterocycles. The number of carbonyl (C=O) groups excluding carboxylic acids is 1. The van der Waals surface area contributed by atoms with Gasteiger partial charge in [0.25, 0.3) is 0 Å². The molecule has 1 amide bonds. The van der Waals surface area contributed by atoms with Crippen molar-refractivity contribution >= 4 is 22.4 Å². The normalized spacial score (nSPS) is 21.1. The van der Waals surface area contributed by atoms with Gasteiger partial charge in [-0.05, 0) is 24.0 Å². The summed E-state index contributed by atoms with van der Waals surface area (Å²) in [6.45, 7) is 0. The Kier molecular flexibility index (Phi) is 3.40. The number of nitrogens with one attached hydrogen (secondary N) is 1. The number of rotatable bonds is 3. The summed E-state index contributed by atoms with van der Waals surface area (Å²) in [5, 5.41) is 10.2. The van der Waals surface area contributed by atoms with Crippen molar-refractivity contribution in [2.45, 2.75) is 18.5 Å². The van der Waals surface area contributed by atoms with Gasteiger partial charge in [-0.1, -0.05) is 29.5 Å². The number of halogens is 3. The highest BCUT2D eigenvalue weighted by Crippen LogP contribution is 2.51. The van der Waals surface area contributed by atoms with E-state index in [1.54, 1.807) is 6.07 Å². The lowest BCUT2D eigenvalue weighted by atomic mass is 10.0. The van der Waals surface area contributed by atoms with Crippen LogP contribution in [0, 0.1) is 5.92 Å². The molecule has 2 aromatic rings. The SMILES string of the molecule is O=C(Nc1nncs1)C1CC1c1ccccc1C(F)(F)F. The topological polar surface area (TPSA) is 54.9 Å². The molecule has 0 spiro atoms. The largest absolute Gasteiger partial charge is 0.416 e. The number of anilines is 1. The molecular formula is C13H10F3N3OS. The minimum absolute atomic E-state index is 0.183. The molecule has 1 saturated carbocycles. The summed E-state index contributed by atoms with van der Waals surface area (Å²) in [6, 6.07) is 5.40. The van der Waals surface area contributed by atoms with Crippen LogP contribution in [0.4, 0.5) is 18.3 Å². The van der Waals surface area contributed by atoms with Crippen LogP contribution in [0.25, 0.3) is 0 Å². The van der Waals surface area contributed by atoms with Crippen LogP contribution in [-0.4, -0.2) is 16.1 Å². The molecule has 2 atom stereocenters. The highest BCUT2D eigenvalue weighted by Gasteiger charge is 2.47. The number of alkyl halides is 3. The fraction of sp³-hybridized carbons (Fsp3) is 0.308. The maximum Gasteiger partial charge on any atom is 0.416 e. The zero-order valence-corrected chi connectivity index (χ0v) is 11.4. The van der Waals surface area contributed by atoms with E-state index in [2.05, 4.69) is 15.5 Å². The van der Waals surface area contributed by atoms with E-state index in [0.717, 1.165) is 6.07 Å². The molecule has 0 aliphatic heterocycles. The van der Waals surface area contributed by atoms with Gasteiger partial charge in [0, 0.05) is 5.92 Å². The summed E-state index contributed by atoms with van der Waals surface area (Å²) in [5.74, 6) is -1.15. The van der Waals surface area contributed by atoms with Crippen molar-refractivity contribution in [3.63, 3.8) is 0 Å². The van der Waals surface area contributed by atoms with Crippen LogP contribution in [0.2, 0.25) is 0 Å². The summed E-state index contributed by atoms with van der Waals surface area (Å²) in [4.78, 5) is 12.0. The third kappa shape index (κ3) is 2.90. The number of hydrogen-bond acceptors (Lipinski definition) is 4. The van der Waals surface area contributed by atoms with Gasteiger partial charge in [0.05, 0.1) is 5.56 Å². The van der Waals surface area contributed by atoms with E-state index in [1.807, 2.05) is 0 Å². The van der Waals surface area contributed by atoms with Gasteiger partial charge in [-0.25, -0.2) is 0 Å². The van der Waals surface area contributed by atoms with Crippen molar-refractivity contribution in [2.75, 3.05) is 5.32 Å². The van der Waals surface area contributed by atoms with Crippen LogP contribution < -0.4 is 5.32 Å². The molecule has 21 heavy (non-hydrogen) atoms. The standard InChI is InChI=1S/C13H10F3N3OS/c14-13(15,16)10-4-2-1-3-7(10)8-5-9(8)11(20)18-12-19-17-6-21-12/h1-4,6,8-9H,5H2,(H,18,19,20). The molecule has 1 heterocycles. The van der Waals surface area contributed by atoms with Gasteiger partial charge in [-0.3, -0.25) is 4.79 Å². The Morgan fingerprint density at radius 3 is 2.76 bits per heavy atom. The molecule has 2 unspecified atom stereocenters. The van der Waals surface area contributed by atoms with Gasteiger partial charge in [-0.15, -0.1) is 10.2 Å². The molecule has 1 fully saturated rings. The van der Waals surface area contributed by atoms with E-state index in [-0.39, 0.29) is 11.5 Å². The third-order valence-corrected chi connectivity index (χ3v) is 3.99. The van der Waals surface area contributed by atoms with Gasteiger partial charge >= 0.3 is 6.18 Å². The predicted octanol–water partition coefficient (Wildman–Crippen LogP) is 3.30. The Labute approximate surface area is 122 Å². The Hall–Kier alpha value is -1.96. The molecule has 1 aliphatic rings. The van der Waals surface area contributed by atoms with Gasteiger partial charge < -0.3 is 5.32 Å². The highest BCUT2D eigenvalue weighted by atomic mass is 32.1. The first-order valence-electron chi connectivity index (χ1n) is 6.20. The average molecular weight is 313 g/mol. The summed E-state index contributed by atoms with van der Waals surface area (Å²) in [5.41, 5.74) is 0.988. The fourth-order valence-electron chi connectivity index (χ4n) is 2.33. The van der Waals surface area contributed by atoms with Crippen LogP contribution in [0.1, 0.15) is 23.5 Å². The molecule has 0 radical (unpaired) electrons. The molecule has 1 N–H and O–H groups in total. The van der Waals surface area contributed by atoms with Crippen LogP contribution in [0.3, 0.4) is 0 Å². The summed E-state index contributed by atoms with van der Waals surface area (Å²) < 4.78 is 38.9. The van der Waals surface area contributed by atoms with Gasteiger partial charge in [0.15, 0.2) is 0 Å². The van der Waals surface area contributed by atoms with Crippen molar-refractivity contribution in [1.82, 2.24) is 10.2 Å². The van der Waals surface area contributed by atoms with Gasteiger partial charge in [0.2, 0.25) is 11.0 Å². The van der Waals surface area contributed by atoms with Gasteiger partial charge in [0.1, 0.15) is 5.51 Å². The second-order valence-electron chi connectivity index (χ2n) is 4.77. The second kappa shape index (κ2) is 5.10. The zero-order chi connectivity index (χ0) is 15.0. The second-order valence-corrected chi connectivity index (χ2v) is 5.60. The first-order chi connectivity index (χ1) is 9.97. The first-order valence-corrected chi connectivity index (χ1v) is 7.08. The number of amides is 1. The van der Waals surface area contributed by atoms with Gasteiger partial charge in [-0.2, -0.15) is 13.2 Å². The molecule has 8 heteroatoms. The lowest BCUT2D eigenvalue weighted by Gasteiger charge is -2.12. The molecule has 110 valence electrons. The maximum absolute atomic E-state index is 13.0. The summed E-state index contributed by atoms with van der Waals surface area (Å²) in [7, 11) is 0. The molecular weight excluding hydrogens is 303 g/mol. The quantitative estimate of drug-likeness (QED) is 0.946. The smallest absolute Gasteiger partial charge is 0.300 e. The summed E-state index contributed by atoms with van der Waals surface area (Å²) >= 11 is 1.17. The molecule has 1 aromatic carbocycles. The van der Waals surface area contributed by atoms with Crippen LogP contribution in [0.5, 0.6) is 0 Å². The minimum Gasteiger partial charge on any atom is -0.300 e. The predicted molar refractivity (Wildman–Crippen MR) is 70.8 cm³/mol. The highest BCUT2D eigenvalue weighted by molar-refractivity contribution is 7.13. The molecule has 1 aliphatic carbocycles. The number of carbonyl (C=O) groups is 1. The van der Waals surface area contributed by atoms with Crippen molar-refractivity contribution in [1.29, 1.82) is 0 Å². The monoisotopic (exact) mass is 313 g/mol. The number of nitrogens with zero attached hydrogens (tertiary/aromatic N) is 2. The zero-order valence-electron chi connectivity index (χ0n) is 10.6. The minimum atomic E-state index is -4.40. The Balaban J connectivity index is 1.75. The number of benzene rings is 1. The number of hydrogen-bond donors (Lipinski definition) is 1. The summed E-state index contributed by atoms with van der Waals surface area (Å²) in [6.07, 6.45) is -3.99. The van der Waals surface area contributed by atoms with E-state index in [9.17, 15) is 18.0 Å². The van der Waals surface area contributed by atoms with Crippen molar-refractivity contribution in [3.05, 3.63) is 40.9 Å². The molecule has 4 nitrogen and oxygen atoms in total. The lowest BCUT2D eigenvalue weighted by molar-refractivity contribution is -0.138. The van der Waals surface area contributed by atoms with E-state index in [1.165, 1.54) is 29.0 Å². The van der Waals surface area contributed by atoms with Crippen molar-refractivity contribution < 1.29 is 18.0 Å². The average Bonchev–Trinajstić information content (AvgIpc) is 3.08. The van der Waals surface area contributed by atoms with Crippen molar-refractivity contribution in [3.8, 4) is 0 Å². The Morgan fingerprint density at radius 1 is 1.33 bits per heavy atom. The first kappa shape index (κ1) is 14.0. The fourth-order valence-corrected chi connectivity index (χ4v) is 2.78. The van der Waals surface area contributed by atoms with Crippen LogP contribution >= 0.6 is 11.3 Å². The lowest BCUT2D eigenvalue weighted by Crippen LogP contribution is -2.15. The molecule has 3 rings (SSSR count). The maximum atomic E-state index is 13.0. The Morgan fingerprint density at radius 2 is 2.10 bits per heavy atom. The molecule has 0 bridgehead atoms. The number of aromatic nitrogens is 2. The van der Waals surface area contributed by atoms with E-state index >= 15 is 0 Å².